The minimum Gasteiger partial charge on any atom is -0.490 e. The fraction of sp³-hybridized carbons (Fsp3) is 0.375. The van der Waals surface area contributed by atoms with Gasteiger partial charge in [0.25, 0.3) is 5.89 Å². The second kappa shape index (κ2) is 10.8. The van der Waals surface area contributed by atoms with Crippen LogP contribution in [0.3, 0.4) is 0 Å². The molecule has 0 spiro atoms. The Morgan fingerprint density at radius 1 is 1.30 bits per heavy atom. The molecule has 0 saturated heterocycles. The van der Waals surface area contributed by atoms with Gasteiger partial charge < -0.3 is 24.4 Å². The molecular weight excluding hydrogens is 446 g/mol. The Hall–Kier alpha value is -2.94. The van der Waals surface area contributed by atoms with Crippen LogP contribution in [0, 0.1) is 0 Å². The van der Waals surface area contributed by atoms with Crippen molar-refractivity contribution in [3.8, 4) is 28.6 Å². The maximum absolute atomic E-state index is 12.3. The van der Waals surface area contributed by atoms with Gasteiger partial charge in [0.05, 0.1) is 19.8 Å². The van der Waals surface area contributed by atoms with Crippen molar-refractivity contribution in [2.45, 2.75) is 38.8 Å². The van der Waals surface area contributed by atoms with Gasteiger partial charge >= 0.3 is 5.97 Å². The first-order valence-electron chi connectivity index (χ1n) is 10.7. The minimum absolute atomic E-state index is 0. The van der Waals surface area contributed by atoms with Crippen molar-refractivity contribution in [3.63, 3.8) is 0 Å². The molecule has 0 bridgehead atoms. The Labute approximate surface area is 198 Å². The Bertz CT molecular complexity index is 1120. The van der Waals surface area contributed by atoms with Crippen molar-refractivity contribution in [3.05, 3.63) is 53.1 Å². The number of hydrogen-bond acceptors (Lipinski definition) is 8. The quantitative estimate of drug-likeness (QED) is 0.473. The molecule has 8 nitrogen and oxygen atoms in total. The third-order valence-corrected chi connectivity index (χ3v) is 5.43. The number of benzene rings is 2. The molecule has 2 aromatic carbocycles. The van der Waals surface area contributed by atoms with Gasteiger partial charge in [0.1, 0.15) is 11.3 Å². The van der Waals surface area contributed by atoms with Crippen LogP contribution >= 0.6 is 12.4 Å². The first kappa shape index (κ1) is 24.7. The predicted octanol–water partition coefficient (Wildman–Crippen LogP) is 3.97. The van der Waals surface area contributed by atoms with Crippen molar-refractivity contribution in [1.82, 2.24) is 15.5 Å². The van der Waals surface area contributed by atoms with E-state index in [4.69, 9.17) is 19.1 Å². The molecule has 4 rings (SSSR count). The zero-order valence-corrected chi connectivity index (χ0v) is 19.6. The lowest BCUT2D eigenvalue weighted by molar-refractivity contribution is 0.0594. The molecule has 9 heteroatoms. The third kappa shape index (κ3) is 5.19. The second-order valence-corrected chi connectivity index (χ2v) is 7.93. The lowest BCUT2D eigenvalue weighted by Crippen LogP contribution is -2.22. The molecule has 1 heterocycles. The molecule has 1 atom stereocenters. The van der Waals surface area contributed by atoms with Crippen molar-refractivity contribution in [1.29, 1.82) is 0 Å². The molecule has 176 valence electrons. The van der Waals surface area contributed by atoms with E-state index in [1.165, 1.54) is 18.2 Å². The summed E-state index contributed by atoms with van der Waals surface area (Å²) in [5.41, 5.74) is 4.22. The number of nitrogens with zero attached hydrogens (tertiary/aromatic N) is 2. The highest BCUT2D eigenvalue weighted by molar-refractivity contribution is 5.93. The average Bonchev–Trinajstić information content (AvgIpc) is 3.44. The van der Waals surface area contributed by atoms with Crippen molar-refractivity contribution < 1.29 is 23.9 Å². The van der Waals surface area contributed by atoms with E-state index in [-0.39, 0.29) is 31.2 Å². The summed E-state index contributed by atoms with van der Waals surface area (Å²) in [4.78, 5) is 16.9. The lowest BCUT2D eigenvalue weighted by Gasteiger charge is -2.13. The van der Waals surface area contributed by atoms with Gasteiger partial charge in [-0.1, -0.05) is 23.4 Å². The molecule has 0 unspecified atom stereocenters. The molecule has 0 amide bonds. The van der Waals surface area contributed by atoms with Crippen LogP contribution < -0.4 is 10.1 Å². The smallest absolute Gasteiger partial charge is 0.341 e. The maximum Gasteiger partial charge on any atom is 0.341 e. The summed E-state index contributed by atoms with van der Waals surface area (Å²) in [5.74, 6) is 0.760. The molecule has 33 heavy (non-hydrogen) atoms. The monoisotopic (exact) mass is 473 g/mol. The standard InChI is InChI=1S/C24H27N3O5.ClH/c1-14(2)31-21-10-7-15(13-19(21)24(29)30-3)23-26-22(27-32-23)18-6-4-5-17-16(18)8-9-20(17)25-11-12-28;/h4-7,10,13-14,20,25,28H,8-9,11-12H2,1-3H3;1H/t20-;/m0./s1. The number of hydrogen-bond donors (Lipinski definition) is 2. The van der Waals surface area contributed by atoms with Crippen molar-refractivity contribution in [2.24, 2.45) is 0 Å². The number of aliphatic hydroxyl groups excluding tert-OH is 1. The Balaban J connectivity index is 0.00000306. The molecular formula is C24H28ClN3O5. The number of halogens is 1. The van der Waals surface area contributed by atoms with Gasteiger partial charge in [-0.25, -0.2) is 4.79 Å². The average molecular weight is 474 g/mol. The van der Waals surface area contributed by atoms with Gasteiger partial charge in [0, 0.05) is 23.7 Å². The summed E-state index contributed by atoms with van der Waals surface area (Å²) in [6.45, 7) is 4.44. The fourth-order valence-electron chi connectivity index (χ4n) is 4.05. The van der Waals surface area contributed by atoms with Crippen molar-refractivity contribution >= 4 is 18.4 Å². The summed E-state index contributed by atoms with van der Waals surface area (Å²) in [6.07, 6.45) is 1.76. The summed E-state index contributed by atoms with van der Waals surface area (Å²) >= 11 is 0. The fourth-order valence-corrected chi connectivity index (χ4v) is 4.05. The van der Waals surface area contributed by atoms with E-state index in [0.29, 0.717) is 35.1 Å². The topological polar surface area (TPSA) is 107 Å². The minimum atomic E-state index is -0.496. The van der Waals surface area contributed by atoms with E-state index in [2.05, 4.69) is 21.5 Å². The SMILES string of the molecule is COC(=O)c1cc(-c2nc(-c3cccc4c3CC[C@@H]4NCCO)no2)ccc1OC(C)C.Cl. The van der Waals surface area contributed by atoms with Crippen LogP contribution in [0.15, 0.2) is 40.9 Å². The normalized spacial score (nSPS) is 14.6. The number of rotatable bonds is 8. The van der Waals surface area contributed by atoms with E-state index in [1.54, 1.807) is 18.2 Å². The van der Waals surface area contributed by atoms with Crippen LogP contribution in [-0.2, 0) is 11.2 Å². The van der Waals surface area contributed by atoms with E-state index in [9.17, 15) is 4.79 Å². The van der Waals surface area contributed by atoms with Gasteiger partial charge in [-0.3, -0.25) is 0 Å². The van der Waals surface area contributed by atoms with E-state index < -0.39 is 5.97 Å². The summed E-state index contributed by atoms with van der Waals surface area (Å²) < 4.78 is 16.2. The molecule has 1 aliphatic rings. The van der Waals surface area contributed by atoms with Gasteiger partial charge in [-0.05, 0) is 56.0 Å². The summed E-state index contributed by atoms with van der Waals surface area (Å²) in [7, 11) is 1.33. The highest BCUT2D eigenvalue weighted by atomic mass is 35.5. The highest BCUT2D eigenvalue weighted by Crippen LogP contribution is 2.37. The molecule has 3 aromatic rings. The van der Waals surface area contributed by atoms with Gasteiger partial charge in [0.15, 0.2) is 0 Å². The van der Waals surface area contributed by atoms with Crippen LogP contribution in [0.1, 0.15) is 47.8 Å². The molecule has 1 aliphatic carbocycles. The lowest BCUT2D eigenvalue weighted by atomic mass is 10.0. The first-order valence-corrected chi connectivity index (χ1v) is 10.7. The summed E-state index contributed by atoms with van der Waals surface area (Å²) in [5, 5.41) is 16.7. The number of esters is 1. The number of carbonyl (C=O) groups is 1. The number of fused-ring (bicyclic) bond motifs is 1. The van der Waals surface area contributed by atoms with Crippen molar-refractivity contribution in [2.75, 3.05) is 20.3 Å². The third-order valence-electron chi connectivity index (χ3n) is 5.43. The summed E-state index contributed by atoms with van der Waals surface area (Å²) in [6, 6.07) is 11.4. The Morgan fingerprint density at radius 2 is 2.12 bits per heavy atom. The molecule has 0 aliphatic heterocycles. The molecule has 0 radical (unpaired) electrons. The van der Waals surface area contributed by atoms with Gasteiger partial charge in [-0.15, -0.1) is 12.4 Å². The maximum atomic E-state index is 12.3. The first-order chi connectivity index (χ1) is 15.5. The second-order valence-electron chi connectivity index (χ2n) is 7.93. The van der Waals surface area contributed by atoms with Crippen LogP contribution in [0.25, 0.3) is 22.8 Å². The number of aliphatic hydroxyl groups is 1. The van der Waals surface area contributed by atoms with Crippen LogP contribution in [0.2, 0.25) is 0 Å². The number of ether oxygens (including phenoxy) is 2. The number of aromatic nitrogens is 2. The highest BCUT2D eigenvalue weighted by Gasteiger charge is 2.26. The van der Waals surface area contributed by atoms with E-state index in [0.717, 1.165) is 18.4 Å². The predicted molar refractivity (Wildman–Crippen MR) is 126 cm³/mol. The number of nitrogens with one attached hydrogen (secondary N) is 1. The zero-order chi connectivity index (χ0) is 22.7. The van der Waals surface area contributed by atoms with E-state index in [1.807, 2.05) is 26.0 Å². The number of carbonyl (C=O) groups excluding carboxylic acids is 1. The molecule has 1 aromatic heterocycles. The largest absolute Gasteiger partial charge is 0.490 e. The molecule has 0 saturated carbocycles. The van der Waals surface area contributed by atoms with Crippen LogP contribution in [-0.4, -0.2) is 47.6 Å². The van der Waals surface area contributed by atoms with Crippen LogP contribution in [0.4, 0.5) is 0 Å². The molecule has 0 fully saturated rings. The Morgan fingerprint density at radius 3 is 2.85 bits per heavy atom. The number of methoxy groups -OCH3 is 1. The van der Waals surface area contributed by atoms with Gasteiger partial charge in [-0.2, -0.15) is 4.98 Å². The van der Waals surface area contributed by atoms with Crippen LogP contribution in [0.5, 0.6) is 5.75 Å². The zero-order valence-electron chi connectivity index (χ0n) is 18.8. The Kier molecular flexibility index (Phi) is 8.07. The van der Waals surface area contributed by atoms with E-state index >= 15 is 0 Å². The van der Waals surface area contributed by atoms with Gasteiger partial charge in [0.2, 0.25) is 5.82 Å². The molecule has 2 N–H and O–H groups in total.